The molecular formula is C20H17NO5S2. The Kier molecular flexibility index (Phi) is 5.91. The van der Waals surface area contributed by atoms with Crippen molar-refractivity contribution in [2.75, 3.05) is 11.3 Å². The molecule has 0 aliphatic heterocycles. The maximum atomic E-state index is 12.4. The molecule has 1 aromatic heterocycles. The molecule has 0 unspecified atom stereocenters. The van der Waals surface area contributed by atoms with Crippen LogP contribution < -0.4 is 4.72 Å². The summed E-state index contributed by atoms with van der Waals surface area (Å²) in [6, 6.07) is 16.1. The number of aryl methyl sites for hydroxylation is 1. The molecule has 1 N–H and O–H groups in total. The molecule has 0 fully saturated rings. The van der Waals surface area contributed by atoms with Crippen LogP contribution in [0.15, 0.2) is 70.3 Å². The van der Waals surface area contributed by atoms with E-state index in [1.807, 2.05) is 6.92 Å². The van der Waals surface area contributed by atoms with E-state index in [1.54, 1.807) is 47.8 Å². The Hall–Kier alpha value is -2.97. The summed E-state index contributed by atoms with van der Waals surface area (Å²) >= 11 is 1.06. The van der Waals surface area contributed by atoms with Crippen LogP contribution in [-0.4, -0.2) is 26.8 Å². The third kappa shape index (κ3) is 4.65. The minimum atomic E-state index is -3.81. The third-order valence-electron chi connectivity index (χ3n) is 3.86. The summed E-state index contributed by atoms with van der Waals surface area (Å²) in [6.07, 6.45) is 0. The fraction of sp³-hybridized carbons (Fsp3) is 0.100. The van der Waals surface area contributed by atoms with Crippen molar-refractivity contribution in [3.05, 3.63) is 82.7 Å². The van der Waals surface area contributed by atoms with Crippen molar-refractivity contribution < 1.29 is 22.7 Å². The Morgan fingerprint density at radius 3 is 2.39 bits per heavy atom. The van der Waals surface area contributed by atoms with Crippen molar-refractivity contribution in [1.29, 1.82) is 0 Å². The minimum Gasteiger partial charge on any atom is -0.454 e. The van der Waals surface area contributed by atoms with Gasteiger partial charge in [0.2, 0.25) is 0 Å². The molecule has 3 aromatic rings. The molecule has 0 aliphatic rings. The van der Waals surface area contributed by atoms with Gasteiger partial charge in [-0.2, -0.15) is 0 Å². The molecule has 2 aromatic carbocycles. The molecule has 0 spiro atoms. The predicted molar refractivity (Wildman–Crippen MR) is 107 cm³/mol. The van der Waals surface area contributed by atoms with E-state index in [0.29, 0.717) is 5.56 Å². The summed E-state index contributed by atoms with van der Waals surface area (Å²) < 4.78 is 32.4. The summed E-state index contributed by atoms with van der Waals surface area (Å²) in [6.45, 7) is 1.47. The molecule has 1 heterocycles. The van der Waals surface area contributed by atoms with Crippen LogP contribution in [-0.2, 0) is 14.8 Å². The molecule has 28 heavy (non-hydrogen) atoms. The normalized spacial score (nSPS) is 11.0. The van der Waals surface area contributed by atoms with Crippen LogP contribution in [0.4, 0.5) is 5.69 Å². The fourth-order valence-electron chi connectivity index (χ4n) is 2.39. The smallest absolute Gasteiger partial charge is 0.340 e. The maximum Gasteiger partial charge on any atom is 0.340 e. The van der Waals surface area contributed by atoms with Crippen LogP contribution in [0.5, 0.6) is 0 Å². The number of rotatable bonds is 7. The number of ketones is 1. The zero-order valence-electron chi connectivity index (χ0n) is 14.9. The maximum absolute atomic E-state index is 12.4. The standard InChI is InChI=1S/C20H17NO5S2/c1-14-8-10-15(11-9-14)18(22)13-26-20(23)16-5-2-3-6-17(16)21-28(24,25)19-7-4-12-27-19/h2-12,21H,13H2,1H3. The molecule has 8 heteroatoms. The van der Waals surface area contributed by atoms with Crippen molar-refractivity contribution >= 4 is 38.8 Å². The first kappa shape index (κ1) is 19.8. The highest BCUT2D eigenvalue weighted by Crippen LogP contribution is 2.23. The average Bonchev–Trinajstić information content (AvgIpc) is 3.22. The van der Waals surface area contributed by atoms with Gasteiger partial charge in [0.25, 0.3) is 10.0 Å². The number of hydrogen-bond acceptors (Lipinski definition) is 6. The number of ether oxygens (including phenoxy) is 1. The van der Waals surface area contributed by atoms with Crippen LogP contribution in [0.1, 0.15) is 26.3 Å². The number of para-hydroxylation sites is 1. The number of anilines is 1. The van der Waals surface area contributed by atoms with E-state index in [1.165, 1.54) is 18.2 Å². The second-order valence-electron chi connectivity index (χ2n) is 5.95. The van der Waals surface area contributed by atoms with Gasteiger partial charge in [0, 0.05) is 5.56 Å². The summed E-state index contributed by atoms with van der Waals surface area (Å²) in [7, 11) is -3.81. The van der Waals surface area contributed by atoms with E-state index in [0.717, 1.165) is 16.9 Å². The zero-order chi connectivity index (χ0) is 20.1. The van der Waals surface area contributed by atoms with Gasteiger partial charge in [0.15, 0.2) is 12.4 Å². The van der Waals surface area contributed by atoms with Crippen LogP contribution >= 0.6 is 11.3 Å². The number of nitrogens with one attached hydrogen (secondary N) is 1. The molecule has 3 rings (SSSR count). The molecule has 0 radical (unpaired) electrons. The summed E-state index contributed by atoms with van der Waals surface area (Å²) in [5, 5.41) is 1.64. The van der Waals surface area contributed by atoms with Crippen molar-refractivity contribution in [3.63, 3.8) is 0 Å². The molecule has 0 aliphatic carbocycles. The van der Waals surface area contributed by atoms with E-state index < -0.39 is 22.6 Å². The van der Waals surface area contributed by atoms with Crippen molar-refractivity contribution in [3.8, 4) is 0 Å². The van der Waals surface area contributed by atoms with Crippen molar-refractivity contribution in [1.82, 2.24) is 0 Å². The Labute approximate surface area is 166 Å². The monoisotopic (exact) mass is 415 g/mol. The van der Waals surface area contributed by atoms with E-state index in [-0.39, 0.29) is 21.2 Å². The minimum absolute atomic E-state index is 0.0272. The number of hydrogen-bond donors (Lipinski definition) is 1. The molecule has 0 amide bonds. The molecular weight excluding hydrogens is 398 g/mol. The lowest BCUT2D eigenvalue weighted by molar-refractivity contribution is 0.0476. The summed E-state index contributed by atoms with van der Waals surface area (Å²) in [4.78, 5) is 24.6. The van der Waals surface area contributed by atoms with Gasteiger partial charge < -0.3 is 4.74 Å². The average molecular weight is 415 g/mol. The molecule has 0 bridgehead atoms. The van der Waals surface area contributed by atoms with Gasteiger partial charge in [-0.05, 0) is 30.5 Å². The highest BCUT2D eigenvalue weighted by atomic mass is 32.2. The number of benzene rings is 2. The van der Waals surface area contributed by atoms with Crippen LogP contribution in [0.25, 0.3) is 0 Å². The number of carbonyl (C=O) groups excluding carboxylic acids is 2. The number of thiophene rings is 1. The van der Waals surface area contributed by atoms with Gasteiger partial charge in [-0.15, -0.1) is 11.3 Å². The lowest BCUT2D eigenvalue weighted by atomic mass is 10.1. The highest BCUT2D eigenvalue weighted by molar-refractivity contribution is 7.94. The highest BCUT2D eigenvalue weighted by Gasteiger charge is 2.20. The number of Topliss-reactive ketones (excluding diaryl/α,β-unsaturated/α-hetero) is 1. The molecule has 0 saturated heterocycles. The first-order chi connectivity index (χ1) is 13.4. The number of carbonyl (C=O) groups is 2. The van der Waals surface area contributed by atoms with Gasteiger partial charge in [-0.3, -0.25) is 9.52 Å². The van der Waals surface area contributed by atoms with E-state index >= 15 is 0 Å². The zero-order valence-corrected chi connectivity index (χ0v) is 16.5. The van der Waals surface area contributed by atoms with Gasteiger partial charge in [-0.25, -0.2) is 13.2 Å². The fourth-order valence-corrected chi connectivity index (χ4v) is 4.47. The molecule has 6 nitrogen and oxygen atoms in total. The first-order valence-corrected chi connectivity index (χ1v) is 10.7. The SMILES string of the molecule is Cc1ccc(C(=O)COC(=O)c2ccccc2NS(=O)(=O)c2cccs2)cc1. The topological polar surface area (TPSA) is 89.5 Å². The van der Waals surface area contributed by atoms with Crippen LogP contribution in [0.2, 0.25) is 0 Å². The van der Waals surface area contributed by atoms with Gasteiger partial charge in [0.05, 0.1) is 11.3 Å². The summed E-state index contributed by atoms with van der Waals surface area (Å²) in [5.41, 5.74) is 1.56. The van der Waals surface area contributed by atoms with Gasteiger partial charge in [0.1, 0.15) is 4.21 Å². The Balaban J connectivity index is 1.72. The number of sulfonamides is 1. The molecule has 144 valence electrons. The van der Waals surface area contributed by atoms with E-state index in [9.17, 15) is 18.0 Å². The van der Waals surface area contributed by atoms with E-state index in [2.05, 4.69) is 4.72 Å². The lowest BCUT2D eigenvalue weighted by Gasteiger charge is -2.11. The van der Waals surface area contributed by atoms with E-state index in [4.69, 9.17) is 4.74 Å². The Morgan fingerprint density at radius 2 is 1.71 bits per heavy atom. The van der Waals surface area contributed by atoms with Gasteiger partial charge >= 0.3 is 5.97 Å². The van der Waals surface area contributed by atoms with Gasteiger partial charge in [-0.1, -0.05) is 48.0 Å². The molecule has 0 atom stereocenters. The Bertz CT molecular complexity index is 1090. The Morgan fingerprint density at radius 1 is 1.00 bits per heavy atom. The third-order valence-corrected chi connectivity index (χ3v) is 6.62. The van der Waals surface area contributed by atoms with Crippen molar-refractivity contribution in [2.45, 2.75) is 11.1 Å². The quantitative estimate of drug-likeness (QED) is 0.467. The summed E-state index contributed by atoms with van der Waals surface area (Å²) in [5.74, 6) is -1.13. The second kappa shape index (κ2) is 8.37. The molecule has 0 saturated carbocycles. The van der Waals surface area contributed by atoms with Crippen molar-refractivity contribution in [2.24, 2.45) is 0 Å². The van der Waals surface area contributed by atoms with Crippen LogP contribution in [0.3, 0.4) is 0 Å². The lowest BCUT2D eigenvalue weighted by Crippen LogP contribution is -2.18. The van der Waals surface area contributed by atoms with Crippen LogP contribution in [0, 0.1) is 6.92 Å². The first-order valence-electron chi connectivity index (χ1n) is 8.29. The predicted octanol–water partition coefficient (Wildman–Crippen LogP) is 3.90. The second-order valence-corrected chi connectivity index (χ2v) is 8.81. The number of esters is 1. The largest absolute Gasteiger partial charge is 0.454 e.